The molecule has 0 fully saturated rings. The predicted molar refractivity (Wildman–Crippen MR) is 29.3 cm³/mol. The molecule has 1 heterocycles. The molecule has 0 amide bonds. The summed E-state index contributed by atoms with van der Waals surface area (Å²) in [6.45, 7) is 2.96. The lowest BCUT2D eigenvalue weighted by atomic mass is 10.4. The Hall–Kier alpha value is -1.06. The van der Waals surface area contributed by atoms with Crippen molar-refractivity contribution >= 4 is 0 Å². The van der Waals surface area contributed by atoms with Gasteiger partial charge in [0.05, 0.1) is 22.1 Å². The molecule has 0 bridgehead atoms. The van der Waals surface area contributed by atoms with Crippen molar-refractivity contribution < 1.29 is 18.5 Å². The van der Waals surface area contributed by atoms with Crippen molar-refractivity contribution in [1.29, 1.82) is 0 Å². The number of aromatic nitrogens is 2. The monoisotopic (exact) mass is 146 g/mol. The van der Waals surface area contributed by atoms with Crippen LogP contribution in [0.1, 0.15) is 11.4 Å². The lowest BCUT2D eigenvalue weighted by molar-refractivity contribution is -0.967. The minimum absolute atomic E-state index is 0.0781. The lowest BCUT2D eigenvalue weighted by Crippen LogP contribution is -2.42. The van der Waals surface area contributed by atoms with Crippen molar-refractivity contribution in [3.8, 4) is 0 Å². The average molecular weight is 146 g/mol. The first-order chi connectivity index (χ1) is 4.61. The van der Waals surface area contributed by atoms with Gasteiger partial charge < -0.3 is 0 Å². The molecule has 54 valence electrons. The van der Waals surface area contributed by atoms with E-state index >= 15 is 0 Å². The summed E-state index contributed by atoms with van der Waals surface area (Å²) in [6, 6.07) is 0. The Morgan fingerprint density at radius 1 is 1.10 bits per heavy atom. The van der Waals surface area contributed by atoms with Crippen molar-refractivity contribution in [2.24, 2.45) is 0 Å². The van der Waals surface area contributed by atoms with Crippen LogP contribution < -0.4 is 9.58 Å². The summed E-state index contributed by atoms with van der Waals surface area (Å²) in [5, 5.41) is 0. The maximum Gasteiger partial charge on any atom is 0.502 e. The normalized spacial score (nSPS) is 10.0. The van der Waals surface area contributed by atoms with E-state index in [9.17, 15) is 8.96 Å². The summed E-state index contributed by atoms with van der Waals surface area (Å²) in [4.78, 5) is 0.491. The van der Waals surface area contributed by atoms with E-state index in [-0.39, 0.29) is 15.4 Å². The highest BCUT2D eigenvalue weighted by Gasteiger charge is 2.21. The average Bonchev–Trinajstić information content (AvgIpc) is 1.82. The van der Waals surface area contributed by atoms with Gasteiger partial charge in [0.1, 0.15) is 8.96 Å². The zero-order valence-corrected chi connectivity index (χ0v) is 5.81. The van der Waals surface area contributed by atoms with Gasteiger partial charge in [0, 0.05) is 0 Å². The number of nitrogens with zero attached hydrogens (tertiary/aromatic N) is 2. The van der Waals surface area contributed by atoms with Gasteiger partial charge in [-0.15, -0.1) is 0 Å². The van der Waals surface area contributed by atoms with Gasteiger partial charge in [-0.3, -0.25) is 0 Å². The van der Waals surface area contributed by atoms with Crippen LogP contribution in [0.3, 0.4) is 0 Å². The van der Waals surface area contributed by atoms with Crippen molar-refractivity contribution in [3.05, 3.63) is 23.8 Å². The van der Waals surface area contributed by atoms with Gasteiger partial charge in [0.25, 0.3) is 0 Å². The van der Waals surface area contributed by atoms with Gasteiger partial charge in [0.15, 0.2) is 0 Å². The topological polar surface area (TPSA) is 7.76 Å². The van der Waals surface area contributed by atoms with Crippen LogP contribution in [-0.2, 0) is 0 Å². The molecular weight excluding hydrogens is 138 g/mol. The van der Waals surface area contributed by atoms with Crippen LogP contribution in [0, 0.1) is 13.8 Å². The first kappa shape index (κ1) is 7.05. The zero-order valence-electron chi connectivity index (χ0n) is 5.81. The van der Waals surface area contributed by atoms with E-state index in [4.69, 9.17) is 0 Å². The molecule has 0 aliphatic carbocycles. The molecule has 1 aromatic rings. The quantitative estimate of drug-likeness (QED) is 0.498. The molecule has 0 N–H and O–H groups in total. The number of halogens is 2. The first-order valence-corrected chi connectivity index (χ1v) is 2.88. The van der Waals surface area contributed by atoms with Crippen LogP contribution in [0.5, 0.6) is 0 Å². The zero-order chi connectivity index (χ0) is 7.72. The standard InChI is InChI=1S/C6H8F2N2/c1-5-3-9(7)6(2)10(8)4-5/h3-4H,1-2H3/q+2. The Morgan fingerprint density at radius 3 is 1.90 bits per heavy atom. The molecule has 0 saturated carbocycles. The summed E-state index contributed by atoms with van der Waals surface area (Å²) in [5.74, 6) is -0.0781. The number of aryl methyl sites for hydroxylation is 1. The van der Waals surface area contributed by atoms with Crippen LogP contribution in [0.15, 0.2) is 12.4 Å². The smallest absolute Gasteiger partial charge is 0.0275 e. The molecular formula is C6H8F2N2+2. The van der Waals surface area contributed by atoms with Crippen molar-refractivity contribution in [2.75, 3.05) is 0 Å². The maximum absolute atomic E-state index is 12.5. The number of hydrogen-bond donors (Lipinski definition) is 0. The first-order valence-electron chi connectivity index (χ1n) is 2.88. The third-order valence-corrected chi connectivity index (χ3v) is 1.25. The Morgan fingerprint density at radius 2 is 1.50 bits per heavy atom. The highest BCUT2D eigenvalue weighted by atomic mass is 19.2. The molecule has 10 heavy (non-hydrogen) atoms. The minimum Gasteiger partial charge on any atom is -0.0275 e. The van der Waals surface area contributed by atoms with E-state index in [0.717, 1.165) is 0 Å². The van der Waals surface area contributed by atoms with Gasteiger partial charge >= 0.3 is 5.82 Å². The van der Waals surface area contributed by atoms with Gasteiger partial charge in [-0.05, 0) is 6.92 Å². The summed E-state index contributed by atoms with van der Waals surface area (Å²) >= 11 is 0. The molecule has 4 heteroatoms. The molecule has 0 spiro atoms. The fraction of sp³-hybridized carbons (Fsp3) is 0.333. The van der Waals surface area contributed by atoms with E-state index in [1.54, 1.807) is 6.92 Å². The fourth-order valence-electron chi connectivity index (χ4n) is 0.669. The number of rotatable bonds is 0. The van der Waals surface area contributed by atoms with Crippen molar-refractivity contribution in [1.82, 2.24) is 0 Å². The summed E-state index contributed by atoms with van der Waals surface area (Å²) < 4.78 is 25.0. The van der Waals surface area contributed by atoms with Crippen LogP contribution >= 0.6 is 0 Å². The third-order valence-electron chi connectivity index (χ3n) is 1.25. The number of hydrogen-bond acceptors (Lipinski definition) is 0. The Labute approximate surface area is 57.2 Å². The van der Waals surface area contributed by atoms with E-state index in [1.807, 2.05) is 0 Å². The van der Waals surface area contributed by atoms with Gasteiger partial charge in [-0.1, -0.05) is 0 Å². The van der Waals surface area contributed by atoms with Crippen LogP contribution in [0.4, 0.5) is 8.96 Å². The highest BCUT2D eigenvalue weighted by molar-refractivity contribution is 4.91. The Balaban J connectivity index is 3.31. The molecule has 0 aliphatic heterocycles. The van der Waals surface area contributed by atoms with Crippen molar-refractivity contribution in [2.45, 2.75) is 13.8 Å². The van der Waals surface area contributed by atoms with E-state index in [1.165, 1.54) is 19.3 Å². The molecule has 0 saturated heterocycles. The maximum atomic E-state index is 12.5. The second-order valence-electron chi connectivity index (χ2n) is 2.17. The summed E-state index contributed by atoms with van der Waals surface area (Å²) in [6.07, 6.45) is 2.43. The third kappa shape index (κ3) is 1.10. The van der Waals surface area contributed by atoms with E-state index in [0.29, 0.717) is 5.56 Å². The molecule has 0 aliphatic rings. The summed E-state index contributed by atoms with van der Waals surface area (Å²) in [7, 11) is 0. The van der Waals surface area contributed by atoms with Crippen LogP contribution in [-0.4, -0.2) is 0 Å². The summed E-state index contributed by atoms with van der Waals surface area (Å²) in [5.41, 5.74) is 0.538. The molecule has 1 rings (SSSR count). The molecule has 0 unspecified atom stereocenters. The minimum atomic E-state index is -0.0781. The lowest BCUT2D eigenvalue weighted by Gasteiger charge is -1.81. The molecule has 2 nitrogen and oxygen atoms in total. The van der Waals surface area contributed by atoms with Gasteiger partial charge in [-0.2, -0.15) is 0 Å². The van der Waals surface area contributed by atoms with Crippen molar-refractivity contribution in [3.63, 3.8) is 0 Å². The van der Waals surface area contributed by atoms with Crippen LogP contribution in [0.25, 0.3) is 0 Å². The van der Waals surface area contributed by atoms with Crippen LogP contribution in [0.2, 0.25) is 0 Å². The largest absolute Gasteiger partial charge is 0.502 e. The fourth-order valence-corrected chi connectivity index (χ4v) is 0.669. The second-order valence-corrected chi connectivity index (χ2v) is 2.17. The van der Waals surface area contributed by atoms with Gasteiger partial charge in [-0.25, -0.2) is 0 Å². The molecule has 0 radical (unpaired) electrons. The molecule has 0 aromatic carbocycles. The van der Waals surface area contributed by atoms with E-state index in [2.05, 4.69) is 0 Å². The Bertz CT molecular complexity index is 237. The predicted octanol–water partition coefficient (Wildman–Crippen LogP) is 0.344. The Kier molecular flexibility index (Phi) is 1.61. The SMILES string of the molecule is Cc1c[n+](F)c(C)[n+](F)c1. The molecule has 1 aromatic heterocycles. The molecule has 0 atom stereocenters. The van der Waals surface area contributed by atoms with E-state index < -0.39 is 0 Å². The van der Waals surface area contributed by atoms with Gasteiger partial charge in [0.2, 0.25) is 12.4 Å². The second kappa shape index (κ2) is 2.28. The highest BCUT2D eigenvalue weighted by Crippen LogP contribution is 1.87.